The van der Waals surface area contributed by atoms with Crippen molar-refractivity contribution < 1.29 is 13.2 Å². The highest BCUT2D eigenvalue weighted by Crippen LogP contribution is 2.41. The van der Waals surface area contributed by atoms with Gasteiger partial charge in [0.1, 0.15) is 0 Å². The third-order valence-electron chi connectivity index (χ3n) is 6.02. The standard InChI is InChI=1S/C22H26F3N3.2ClH/c1-16-19(20-15-17(22(23,24)25)7-8-21(20)26-16)9-10-27-11-13-28(14-12-27)18-5-3-2-4-6-18;;/h2-8,15-16,19,26H,9-14H2,1H3;2*1H. The largest absolute Gasteiger partial charge is 0.416 e. The van der Waals surface area contributed by atoms with Crippen LogP contribution in [0.5, 0.6) is 0 Å². The SMILES string of the molecule is CC1Nc2ccc(C(F)(F)F)cc2C1CCN1CCN(c2ccccc2)CC1.Cl.Cl. The fourth-order valence-electron chi connectivity index (χ4n) is 4.39. The van der Waals surface area contributed by atoms with E-state index in [1.807, 2.05) is 6.07 Å². The molecule has 0 radical (unpaired) electrons. The molecule has 0 saturated carbocycles. The van der Waals surface area contributed by atoms with Crippen LogP contribution in [-0.2, 0) is 6.18 Å². The smallest absolute Gasteiger partial charge is 0.382 e. The molecule has 1 fully saturated rings. The van der Waals surface area contributed by atoms with Gasteiger partial charge < -0.3 is 10.2 Å². The molecule has 2 atom stereocenters. The monoisotopic (exact) mass is 461 g/mol. The number of nitrogens with one attached hydrogen (secondary N) is 1. The summed E-state index contributed by atoms with van der Waals surface area (Å²) >= 11 is 0. The summed E-state index contributed by atoms with van der Waals surface area (Å²) in [6.45, 7) is 6.91. The molecule has 2 aromatic carbocycles. The molecule has 2 aromatic rings. The highest BCUT2D eigenvalue weighted by molar-refractivity contribution is 5.85. The number of nitrogens with zero attached hydrogens (tertiary/aromatic N) is 2. The molecule has 0 spiro atoms. The molecule has 8 heteroatoms. The molecule has 30 heavy (non-hydrogen) atoms. The molecule has 3 nitrogen and oxygen atoms in total. The Hall–Kier alpha value is -1.63. The number of hydrogen-bond acceptors (Lipinski definition) is 3. The number of alkyl halides is 3. The van der Waals surface area contributed by atoms with Crippen molar-refractivity contribution in [3.05, 3.63) is 59.7 Å². The van der Waals surface area contributed by atoms with Crippen LogP contribution >= 0.6 is 24.8 Å². The normalized spacial score (nSPS) is 21.3. The van der Waals surface area contributed by atoms with Crippen LogP contribution in [0, 0.1) is 0 Å². The maximum Gasteiger partial charge on any atom is 0.416 e. The van der Waals surface area contributed by atoms with E-state index in [0.29, 0.717) is 0 Å². The number of piperazine rings is 1. The highest BCUT2D eigenvalue weighted by atomic mass is 35.5. The van der Waals surface area contributed by atoms with Gasteiger partial charge >= 0.3 is 6.18 Å². The molecule has 2 heterocycles. The van der Waals surface area contributed by atoms with Gasteiger partial charge in [-0.1, -0.05) is 18.2 Å². The summed E-state index contributed by atoms with van der Waals surface area (Å²) < 4.78 is 39.3. The van der Waals surface area contributed by atoms with Crippen LogP contribution < -0.4 is 10.2 Å². The van der Waals surface area contributed by atoms with Crippen molar-refractivity contribution in [3.63, 3.8) is 0 Å². The average molecular weight is 462 g/mol. The Balaban J connectivity index is 0.00000160. The lowest BCUT2D eigenvalue weighted by Gasteiger charge is -2.36. The van der Waals surface area contributed by atoms with Crippen LogP contribution in [0.15, 0.2) is 48.5 Å². The molecule has 0 aromatic heterocycles. The van der Waals surface area contributed by atoms with Gasteiger partial charge in [-0.05, 0) is 55.8 Å². The summed E-state index contributed by atoms with van der Waals surface area (Å²) in [4.78, 5) is 4.82. The second-order valence-electron chi connectivity index (χ2n) is 7.79. The van der Waals surface area contributed by atoms with E-state index >= 15 is 0 Å². The predicted molar refractivity (Wildman–Crippen MR) is 121 cm³/mol. The van der Waals surface area contributed by atoms with Crippen LogP contribution in [0.2, 0.25) is 0 Å². The van der Waals surface area contributed by atoms with Gasteiger partial charge in [-0.3, -0.25) is 4.90 Å². The lowest BCUT2D eigenvalue weighted by atomic mass is 9.91. The summed E-state index contributed by atoms with van der Waals surface area (Å²) in [5.74, 6) is 0.115. The van der Waals surface area contributed by atoms with E-state index in [0.717, 1.165) is 50.4 Å². The lowest BCUT2D eigenvalue weighted by Crippen LogP contribution is -2.47. The van der Waals surface area contributed by atoms with Crippen molar-refractivity contribution in [1.29, 1.82) is 0 Å². The first-order valence-electron chi connectivity index (χ1n) is 9.92. The Bertz CT molecular complexity index is 809. The summed E-state index contributed by atoms with van der Waals surface area (Å²) in [6, 6.07) is 14.7. The quantitative estimate of drug-likeness (QED) is 0.633. The van der Waals surface area contributed by atoms with Crippen molar-refractivity contribution in [2.75, 3.05) is 42.9 Å². The van der Waals surface area contributed by atoms with Crippen LogP contribution in [0.1, 0.15) is 30.4 Å². The van der Waals surface area contributed by atoms with E-state index in [9.17, 15) is 13.2 Å². The summed E-state index contributed by atoms with van der Waals surface area (Å²) in [5, 5.41) is 3.35. The molecule has 0 amide bonds. The van der Waals surface area contributed by atoms with Gasteiger partial charge in [-0.15, -0.1) is 24.8 Å². The summed E-state index contributed by atoms with van der Waals surface area (Å²) in [6.07, 6.45) is -3.42. The minimum absolute atomic E-state index is 0. The number of anilines is 2. The topological polar surface area (TPSA) is 18.5 Å². The molecular weight excluding hydrogens is 434 g/mol. The molecule has 2 aliphatic rings. The van der Waals surface area contributed by atoms with E-state index in [4.69, 9.17) is 0 Å². The van der Waals surface area contributed by atoms with Crippen molar-refractivity contribution in [2.24, 2.45) is 0 Å². The lowest BCUT2D eigenvalue weighted by molar-refractivity contribution is -0.137. The van der Waals surface area contributed by atoms with E-state index in [1.165, 1.54) is 17.8 Å². The molecule has 166 valence electrons. The van der Waals surface area contributed by atoms with Gasteiger partial charge in [-0.2, -0.15) is 13.2 Å². The predicted octanol–water partition coefficient (Wildman–Crippen LogP) is 5.66. The van der Waals surface area contributed by atoms with Gasteiger partial charge in [0.05, 0.1) is 5.56 Å². The van der Waals surface area contributed by atoms with Gasteiger partial charge in [0.2, 0.25) is 0 Å². The van der Waals surface area contributed by atoms with Gasteiger partial charge in [-0.25, -0.2) is 0 Å². The molecule has 0 aliphatic carbocycles. The molecule has 1 saturated heterocycles. The Morgan fingerprint density at radius 3 is 2.27 bits per heavy atom. The second kappa shape index (κ2) is 10.1. The maximum absolute atomic E-state index is 13.1. The zero-order chi connectivity index (χ0) is 19.7. The maximum atomic E-state index is 13.1. The number of halogens is 5. The zero-order valence-electron chi connectivity index (χ0n) is 16.9. The van der Waals surface area contributed by atoms with Crippen LogP contribution in [0.3, 0.4) is 0 Å². The molecule has 4 rings (SSSR count). The van der Waals surface area contributed by atoms with Crippen molar-refractivity contribution in [3.8, 4) is 0 Å². The van der Waals surface area contributed by atoms with E-state index in [-0.39, 0.29) is 36.8 Å². The number of benzene rings is 2. The van der Waals surface area contributed by atoms with E-state index < -0.39 is 11.7 Å². The number of fused-ring (bicyclic) bond motifs is 1. The summed E-state index contributed by atoms with van der Waals surface area (Å²) in [5.41, 5.74) is 2.36. The van der Waals surface area contributed by atoms with E-state index in [2.05, 4.69) is 46.3 Å². The fourth-order valence-corrected chi connectivity index (χ4v) is 4.39. The minimum Gasteiger partial charge on any atom is -0.382 e. The summed E-state index contributed by atoms with van der Waals surface area (Å²) in [7, 11) is 0. The zero-order valence-corrected chi connectivity index (χ0v) is 18.5. The molecule has 1 N–H and O–H groups in total. The van der Waals surface area contributed by atoms with Crippen LogP contribution in [0.25, 0.3) is 0 Å². The molecule has 2 aliphatic heterocycles. The van der Waals surface area contributed by atoms with Gasteiger partial charge in [0.25, 0.3) is 0 Å². The van der Waals surface area contributed by atoms with Crippen LogP contribution in [-0.4, -0.2) is 43.7 Å². The third-order valence-corrected chi connectivity index (χ3v) is 6.02. The minimum atomic E-state index is -4.29. The Kier molecular flexibility index (Phi) is 8.31. The Morgan fingerprint density at radius 1 is 0.967 bits per heavy atom. The van der Waals surface area contributed by atoms with Crippen molar-refractivity contribution in [1.82, 2.24) is 4.90 Å². The fraction of sp³-hybridized carbons (Fsp3) is 0.455. The van der Waals surface area contributed by atoms with Crippen LogP contribution in [0.4, 0.5) is 24.5 Å². The van der Waals surface area contributed by atoms with E-state index in [1.54, 1.807) is 6.07 Å². The Morgan fingerprint density at radius 2 is 1.63 bits per heavy atom. The Labute approximate surface area is 188 Å². The number of hydrogen-bond donors (Lipinski definition) is 1. The molecular formula is C22H28Cl2F3N3. The van der Waals surface area contributed by atoms with Crippen molar-refractivity contribution in [2.45, 2.75) is 31.5 Å². The van der Waals surface area contributed by atoms with Crippen molar-refractivity contribution >= 4 is 36.2 Å². The first-order valence-corrected chi connectivity index (χ1v) is 9.92. The molecule has 0 bridgehead atoms. The average Bonchev–Trinajstić information content (AvgIpc) is 3.01. The second-order valence-corrected chi connectivity index (χ2v) is 7.79. The first-order chi connectivity index (χ1) is 13.4. The van der Waals surface area contributed by atoms with Gasteiger partial charge in [0.15, 0.2) is 0 Å². The number of rotatable bonds is 4. The third kappa shape index (κ3) is 5.34. The number of para-hydroxylation sites is 1. The highest BCUT2D eigenvalue weighted by Gasteiger charge is 2.35. The van der Waals surface area contributed by atoms with Gasteiger partial charge in [0, 0.05) is 49.5 Å². The first kappa shape index (κ1) is 24.6. The molecule has 2 unspecified atom stereocenters.